The summed E-state index contributed by atoms with van der Waals surface area (Å²) in [6.45, 7) is 1.42. The van der Waals surface area contributed by atoms with E-state index in [-0.39, 0.29) is 11.3 Å². The molecule has 2 atom stereocenters. The van der Waals surface area contributed by atoms with E-state index in [0.717, 1.165) is 23.6 Å². The van der Waals surface area contributed by atoms with Crippen molar-refractivity contribution in [2.75, 3.05) is 13.2 Å². The van der Waals surface area contributed by atoms with Crippen LogP contribution in [0.1, 0.15) is 6.42 Å². The van der Waals surface area contributed by atoms with Crippen molar-refractivity contribution in [1.29, 1.82) is 0 Å². The van der Waals surface area contributed by atoms with Crippen LogP contribution < -0.4 is 5.73 Å². The molecule has 2 aromatic rings. The SMILES string of the molecule is NC1CCOCC1Sc1ncnc2nc[nH]c12. The summed E-state index contributed by atoms with van der Waals surface area (Å²) in [5, 5.41) is 1.13. The van der Waals surface area contributed by atoms with Crippen molar-refractivity contribution in [3.05, 3.63) is 12.7 Å². The maximum Gasteiger partial charge on any atom is 0.181 e. The Morgan fingerprint density at radius 3 is 3.24 bits per heavy atom. The van der Waals surface area contributed by atoms with Crippen LogP contribution in [-0.4, -0.2) is 44.4 Å². The van der Waals surface area contributed by atoms with Gasteiger partial charge in [-0.15, -0.1) is 0 Å². The van der Waals surface area contributed by atoms with Gasteiger partial charge in [-0.05, 0) is 6.42 Å². The fourth-order valence-electron chi connectivity index (χ4n) is 1.83. The zero-order valence-electron chi connectivity index (χ0n) is 9.17. The van der Waals surface area contributed by atoms with Crippen LogP contribution >= 0.6 is 11.8 Å². The van der Waals surface area contributed by atoms with Gasteiger partial charge in [-0.3, -0.25) is 0 Å². The molecule has 3 rings (SSSR count). The van der Waals surface area contributed by atoms with Gasteiger partial charge < -0.3 is 15.5 Å². The minimum absolute atomic E-state index is 0.154. The van der Waals surface area contributed by atoms with Crippen molar-refractivity contribution in [3.63, 3.8) is 0 Å². The second kappa shape index (κ2) is 4.59. The molecule has 3 heterocycles. The Bertz CT molecular complexity index is 516. The number of hydrogen-bond donors (Lipinski definition) is 2. The van der Waals surface area contributed by atoms with Crippen molar-refractivity contribution in [1.82, 2.24) is 19.9 Å². The summed E-state index contributed by atoms with van der Waals surface area (Å²) in [7, 11) is 0. The number of ether oxygens (including phenoxy) is 1. The highest BCUT2D eigenvalue weighted by atomic mass is 32.2. The van der Waals surface area contributed by atoms with Gasteiger partial charge in [0.15, 0.2) is 5.65 Å². The van der Waals surface area contributed by atoms with E-state index in [0.29, 0.717) is 12.3 Å². The van der Waals surface area contributed by atoms with E-state index in [4.69, 9.17) is 10.5 Å². The number of aromatic nitrogens is 4. The third-order valence-corrected chi connectivity index (χ3v) is 4.13. The number of H-pyrrole nitrogens is 1. The molecule has 1 aliphatic heterocycles. The molecule has 0 aliphatic carbocycles. The topological polar surface area (TPSA) is 89.7 Å². The van der Waals surface area contributed by atoms with E-state index in [9.17, 15) is 0 Å². The Kier molecular flexibility index (Phi) is 2.96. The van der Waals surface area contributed by atoms with Gasteiger partial charge in [-0.1, -0.05) is 11.8 Å². The van der Waals surface area contributed by atoms with Crippen molar-refractivity contribution in [2.45, 2.75) is 22.7 Å². The summed E-state index contributed by atoms with van der Waals surface area (Å²) in [5.74, 6) is 0. The third kappa shape index (κ3) is 2.13. The van der Waals surface area contributed by atoms with Gasteiger partial charge in [0, 0.05) is 17.9 Å². The summed E-state index contributed by atoms with van der Waals surface area (Å²) < 4.78 is 5.45. The van der Waals surface area contributed by atoms with Gasteiger partial charge in [-0.25, -0.2) is 15.0 Å². The zero-order chi connectivity index (χ0) is 11.7. The lowest BCUT2D eigenvalue weighted by Crippen LogP contribution is -2.40. The molecule has 2 aromatic heterocycles. The number of nitrogens with one attached hydrogen (secondary N) is 1. The number of fused-ring (bicyclic) bond motifs is 1. The fraction of sp³-hybridized carbons (Fsp3) is 0.500. The molecule has 0 saturated carbocycles. The summed E-state index contributed by atoms with van der Waals surface area (Å²) >= 11 is 1.63. The highest BCUT2D eigenvalue weighted by molar-refractivity contribution is 8.00. The summed E-state index contributed by atoms with van der Waals surface area (Å²) in [5.41, 5.74) is 7.63. The average molecular weight is 251 g/mol. The molecule has 0 amide bonds. The number of rotatable bonds is 2. The van der Waals surface area contributed by atoms with Crippen LogP contribution in [0.15, 0.2) is 17.7 Å². The quantitative estimate of drug-likeness (QED) is 0.758. The molecule has 1 fully saturated rings. The van der Waals surface area contributed by atoms with Gasteiger partial charge in [-0.2, -0.15) is 0 Å². The molecule has 90 valence electrons. The normalized spacial score (nSPS) is 25.2. The van der Waals surface area contributed by atoms with Crippen LogP contribution in [0.25, 0.3) is 11.2 Å². The van der Waals surface area contributed by atoms with E-state index in [1.54, 1.807) is 18.1 Å². The molecule has 1 aliphatic rings. The van der Waals surface area contributed by atoms with E-state index in [1.807, 2.05) is 0 Å². The first kappa shape index (κ1) is 10.9. The van der Waals surface area contributed by atoms with Crippen LogP contribution in [-0.2, 0) is 4.74 Å². The van der Waals surface area contributed by atoms with Crippen LogP contribution in [0.4, 0.5) is 0 Å². The molecule has 2 unspecified atom stereocenters. The van der Waals surface area contributed by atoms with Gasteiger partial charge in [0.1, 0.15) is 16.9 Å². The Hall–Kier alpha value is -1.18. The highest BCUT2D eigenvalue weighted by Gasteiger charge is 2.25. The number of nitrogens with two attached hydrogens (primary N) is 1. The highest BCUT2D eigenvalue weighted by Crippen LogP contribution is 2.29. The lowest BCUT2D eigenvalue weighted by molar-refractivity contribution is 0.0916. The maximum absolute atomic E-state index is 6.08. The predicted molar refractivity (Wildman–Crippen MR) is 64.7 cm³/mol. The van der Waals surface area contributed by atoms with Crippen LogP contribution in [0.3, 0.4) is 0 Å². The van der Waals surface area contributed by atoms with Gasteiger partial charge in [0.2, 0.25) is 0 Å². The Labute approximate surface area is 102 Å². The molecule has 0 aromatic carbocycles. The summed E-state index contributed by atoms with van der Waals surface area (Å²) in [6.07, 6.45) is 4.05. The molecule has 7 heteroatoms. The van der Waals surface area contributed by atoms with E-state index in [1.165, 1.54) is 6.33 Å². The molecule has 17 heavy (non-hydrogen) atoms. The van der Waals surface area contributed by atoms with Crippen molar-refractivity contribution < 1.29 is 4.74 Å². The first-order valence-corrected chi connectivity index (χ1v) is 6.36. The largest absolute Gasteiger partial charge is 0.380 e. The van der Waals surface area contributed by atoms with Gasteiger partial charge in [0.05, 0.1) is 12.9 Å². The lowest BCUT2D eigenvalue weighted by Gasteiger charge is -2.27. The summed E-state index contributed by atoms with van der Waals surface area (Å²) in [4.78, 5) is 15.5. The number of thioether (sulfide) groups is 1. The molecule has 6 nitrogen and oxygen atoms in total. The van der Waals surface area contributed by atoms with Crippen LogP contribution in [0.2, 0.25) is 0 Å². The smallest absolute Gasteiger partial charge is 0.181 e. The monoisotopic (exact) mass is 251 g/mol. The first-order chi connectivity index (χ1) is 8.34. The van der Waals surface area contributed by atoms with Gasteiger partial charge >= 0.3 is 0 Å². The maximum atomic E-state index is 6.08. The molecular weight excluding hydrogens is 238 g/mol. The number of imidazole rings is 1. The zero-order valence-corrected chi connectivity index (χ0v) is 9.98. The third-order valence-electron chi connectivity index (χ3n) is 2.81. The minimum Gasteiger partial charge on any atom is -0.380 e. The fourth-order valence-corrected chi connectivity index (χ4v) is 2.96. The lowest BCUT2D eigenvalue weighted by atomic mass is 10.1. The average Bonchev–Trinajstić information content (AvgIpc) is 2.81. The standard InChI is InChI=1S/C10H13N5OS/c11-6-1-2-16-3-7(6)17-10-8-9(13-4-12-8)14-5-15-10/h4-7H,1-3,11H2,(H,12,13,14,15). The molecule has 0 bridgehead atoms. The second-order valence-corrected chi connectivity index (χ2v) is 5.19. The molecule has 0 radical (unpaired) electrons. The Morgan fingerprint density at radius 1 is 1.41 bits per heavy atom. The van der Waals surface area contributed by atoms with E-state index < -0.39 is 0 Å². The molecule has 3 N–H and O–H groups in total. The van der Waals surface area contributed by atoms with Crippen LogP contribution in [0, 0.1) is 0 Å². The van der Waals surface area contributed by atoms with E-state index in [2.05, 4.69) is 19.9 Å². The molecular formula is C10H13N5OS. The Morgan fingerprint density at radius 2 is 2.35 bits per heavy atom. The minimum atomic E-state index is 0.154. The predicted octanol–water partition coefficient (Wildman–Crippen LogP) is 0.561. The Balaban J connectivity index is 1.86. The number of aromatic amines is 1. The first-order valence-electron chi connectivity index (χ1n) is 5.48. The summed E-state index contributed by atoms with van der Waals surface area (Å²) in [6, 6.07) is 0.154. The van der Waals surface area contributed by atoms with Crippen molar-refractivity contribution >= 4 is 22.9 Å². The second-order valence-electron chi connectivity index (χ2n) is 3.96. The van der Waals surface area contributed by atoms with Gasteiger partial charge in [0.25, 0.3) is 0 Å². The molecule has 0 spiro atoms. The van der Waals surface area contributed by atoms with Crippen LogP contribution in [0.5, 0.6) is 0 Å². The van der Waals surface area contributed by atoms with Crippen molar-refractivity contribution in [2.24, 2.45) is 5.73 Å². The number of nitrogens with zero attached hydrogens (tertiary/aromatic N) is 3. The van der Waals surface area contributed by atoms with Crippen molar-refractivity contribution in [3.8, 4) is 0 Å². The number of hydrogen-bond acceptors (Lipinski definition) is 6. The molecule has 1 saturated heterocycles. The van der Waals surface area contributed by atoms with E-state index >= 15 is 0 Å².